The van der Waals surface area contributed by atoms with Crippen molar-refractivity contribution in [3.63, 3.8) is 0 Å². The van der Waals surface area contributed by atoms with E-state index in [0.29, 0.717) is 11.4 Å². The van der Waals surface area contributed by atoms with Gasteiger partial charge in [0.25, 0.3) is 0 Å². The molecule has 0 unspecified atom stereocenters. The molecule has 2 heterocycles. The molecule has 0 aromatic carbocycles. The summed E-state index contributed by atoms with van der Waals surface area (Å²) >= 11 is 0. The Kier molecular flexibility index (Phi) is 2.49. The first-order valence-corrected chi connectivity index (χ1v) is 6.25. The Hall–Kier alpha value is -2.41. The van der Waals surface area contributed by atoms with Crippen molar-refractivity contribution in [3.8, 4) is 17.2 Å². The van der Waals surface area contributed by atoms with Crippen LogP contribution in [-0.4, -0.2) is 9.97 Å². The van der Waals surface area contributed by atoms with Gasteiger partial charge in [0.1, 0.15) is 17.5 Å². The van der Waals surface area contributed by atoms with Crippen LogP contribution >= 0.6 is 0 Å². The number of hydrogen-bond acceptors (Lipinski definition) is 4. The maximum absolute atomic E-state index is 9.28. The topological polar surface area (TPSA) is 75.6 Å². The zero-order valence-corrected chi connectivity index (χ0v) is 10.7. The lowest BCUT2D eigenvalue weighted by Gasteiger charge is -2.13. The molecule has 4 heteroatoms. The SMILES string of the molecule is CC1(c2cc(-c3ccncc3)c(C#N)c(N)n2)CC1. The first-order chi connectivity index (χ1) is 9.14. The van der Waals surface area contributed by atoms with Gasteiger partial charge in [0.05, 0.1) is 0 Å². The van der Waals surface area contributed by atoms with E-state index in [1.807, 2.05) is 18.2 Å². The summed E-state index contributed by atoms with van der Waals surface area (Å²) in [5, 5.41) is 9.28. The summed E-state index contributed by atoms with van der Waals surface area (Å²) in [6.45, 7) is 2.18. The minimum absolute atomic E-state index is 0.129. The van der Waals surface area contributed by atoms with E-state index in [4.69, 9.17) is 5.73 Å². The molecule has 0 atom stereocenters. The lowest BCUT2D eigenvalue weighted by Crippen LogP contribution is -2.08. The molecule has 1 aliphatic rings. The van der Waals surface area contributed by atoms with E-state index in [1.165, 1.54) is 0 Å². The second kappa shape index (κ2) is 4.06. The van der Waals surface area contributed by atoms with Gasteiger partial charge in [-0.3, -0.25) is 4.98 Å². The van der Waals surface area contributed by atoms with Crippen molar-refractivity contribution in [3.05, 3.63) is 41.9 Å². The number of pyridine rings is 2. The number of rotatable bonds is 2. The molecule has 1 saturated carbocycles. The quantitative estimate of drug-likeness (QED) is 0.889. The second-order valence-corrected chi connectivity index (χ2v) is 5.22. The summed E-state index contributed by atoms with van der Waals surface area (Å²) in [7, 11) is 0. The van der Waals surface area contributed by atoms with Crippen molar-refractivity contribution < 1.29 is 0 Å². The van der Waals surface area contributed by atoms with Crippen LogP contribution in [0.25, 0.3) is 11.1 Å². The van der Waals surface area contributed by atoms with Crippen molar-refractivity contribution in [2.24, 2.45) is 0 Å². The third-order valence-electron chi connectivity index (χ3n) is 3.77. The fourth-order valence-electron chi connectivity index (χ4n) is 2.19. The number of nitrogen functional groups attached to an aromatic ring is 1. The second-order valence-electron chi connectivity index (χ2n) is 5.22. The largest absolute Gasteiger partial charge is 0.383 e. The third-order valence-corrected chi connectivity index (χ3v) is 3.77. The molecule has 0 aliphatic heterocycles. The van der Waals surface area contributed by atoms with Gasteiger partial charge in [0, 0.05) is 29.1 Å². The summed E-state index contributed by atoms with van der Waals surface area (Å²) in [6, 6.07) is 7.92. The van der Waals surface area contributed by atoms with E-state index in [9.17, 15) is 5.26 Å². The van der Waals surface area contributed by atoms with Crippen molar-refractivity contribution in [1.29, 1.82) is 5.26 Å². The highest BCUT2D eigenvalue weighted by molar-refractivity contribution is 5.75. The maximum atomic E-state index is 9.28. The van der Waals surface area contributed by atoms with Gasteiger partial charge < -0.3 is 5.73 Å². The average Bonchev–Trinajstić information content (AvgIpc) is 3.18. The Morgan fingerprint density at radius 1 is 1.32 bits per heavy atom. The molecule has 94 valence electrons. The third kappa shape index (κ3) is 1.93. The van der Waals surface area contributed by atoms with Gasteiger partial charge in [0.15, 0.2) is 0 Å². The molecule has 0 radical (unpaired) electrons. The van der Waals surface area contributed by atoms with Crippen molar-refractivity contribution in [1.82, 2.24) is 9.97 Å². The number of hydrogen-bond donors (Lipinski definition) is 1. The van der Waals surface area contributed by atoms with E-state index < -0.39 is 0 Å². The fraction of sp³-hybridized carbons (Fsp3) is 0.267. The lowest BCUT2D eigenvalue weighted by atomic mass is 9.96. The highest BCUT2D eigenvalue weighted by Crippen LogP contribution is 2.48. The number of anilines is 1. The van der Waals surface area contributed by atoms with Crippen molar-refractivity contribution >= 4 is 5.82 Å². The predicted molar refractivity (Wildman–Crippen MR) is 73.2 cm³/mol. The molecule has 3 rings (SSSR count). The Labute approximate surface area is 111 Å². The molecule has 1 aliphatic carbocycles. The van der Waals surface area contributed by atoms with Gasteiger partial charge in [-0.05, 0) is 36.6 Å². The van der Waals surface area contributed by atoms with Crippen LogP contribution in [-0.2, 0) is 5.41 Å². The van der Waals surface area contributed by atoms with Crippen LogP contribution in [0.2, 0.25) is 0 Å². The monoisotopic (exact) mass is 250 g/mol. The Morgan fingerprint density at radius 3 is 2.58 bits per heavy atom. The molecule has 0 amide bonds. The molecule has 0 saturated heterocycles. The van der Waals surface area contributed by atoms with Crippen LogP contribution in [0.4, 0.5) is 5.82 Å². The normalized spacial score (nSPS) is 15.8. The summed E-state index contributed by atoms with van der Waals surface area (Å²) in [5.41, 5.74) is 9.30. The van der Waals surface area contributed by atoms with Crippen LogP contribution in [0.1, 0.15) is 31.0 Å². The average molecular weight is 250 g/mol. The highest BCUT2D eigenvalue weighted by Gasteiger charge is 2.41. The molecular formula is C15H14N4. The van der Waals surface area contributed by atoms with Crippen molar-refractivity contribution in [2.75, 3.05) is 5.73 Å². The van der Waals surface area contributed by atoms with Gasteiger partial charge >= 0.3 is 0 Å². The molecule has 0 spiro atoms. The molecule has 2 aromatic rings. The van der Waals surface area contributed by atoms with Crippen LogP contribution in [0.15, 0.2) is 30.6 Å². The van der Waals surface area contributed by atoms with Gasteiger partial charge in [-0.25, -0.2) is 4.98 Å². The zero-order chi connectivity index (χ0) is 13.5. The molecule has 19 heavy (non-hydrogen) atoms. The van der Waals surface area contributed by atoms with Crippen LogP contribution in [0.3, 0.4) is 0 Å². The standard InChI is InChI=1S/C15H14N4/c1-15(4-5-15)13-8-11(10-2-6-18-7-3-10)12(9-16)14(17)19-13/h2-3,6-8H,4-5H2,1H3,(H2,17,19). The fourth-order valence-corrected chi connectivity index (χ4v) is 2.19. The molecule has 4 nitrogen and oxygen atoms in total. The first-order valence-electron chi connectivity index (χ1n) is 6.25. The van der Waals surface area contributed by atoms with E-state index >= 15 is 0 Å². The van der Waals surface area contributed by atoms with Gasteiger partial charge in [-0.2, -0.15) is 5.26 Å². The Morgan fingerprint density at radius 2 is 2.00 bits per heavy atom. The summed E-state index contributed by atoms with van der Waals surface area (Å²) in [5.74, 6) is 0.319. The molecule has 1 fully saturated rings. The van der Waals surface area contributed by atoms with E-state index in [2.05, 4.69) is 23.0 Å². The maximum Gasteiger partial charge on any atom is 0.142 e. The minimum Gasteiger partial charge on any atom is -0.383 e. The highest BCUT2D eigenvalue weighted by atomic mass is 14.9. The van der Waals surface area contributed by atoms with Crippen molar-refractivity contribution in [2.45, 2.75) is 25.2 Å². The molecular weight excluding hydrogens is 236 g/mol. The van der Waals surface area contributed by atoms with E-state index in [1.54, 1.807) is 12.4 Å². The van der Waals surface area contributed by atoms with Gasteiger partial charge in [0.2, 0.25) is 0 Å². The summed E-state index contributed by atoms with van der Waals surface area (Å²) < 4.78 is 0. The zero-order valence-electron chi connectivity index (χ0n) is 10.7. The van der Waals surface area contributed by atoms with Crippen LogP contribution in [0, 0.1) is 11.3 Å². The summed E-state index contributed by atoms with van der Waals surface area (Å²) in [6.07, 6.45) is 5.68. The predicted octanol–water partition coefficient (Wildman–Crippen LogP) is 2.65. The lowest BCUT2D eigenvalue weighted by molar-refractivity contribution is 0.752. The smallest absolute Gasteiger partial charge is 0.142 e. The first kappa shape index (κ1) is 11.7. The van der Waals surface area contributed by atoms with Crippen LogP contribution < -0.4 is 5.73 Å². The molecule has 2 N–H and O–H groups in total. The Bertz CT molecular complexity index is 667. The number of nitriles is 1. The van der Waals surface area contributed by atoms with Gasteiger partial charge in [-0.15, -0.1) is 0 Å². The number of nitrogens with two attached hydrogens (primary N) is 1. The van der Waals surface area contributed by atoms with Gasteiger partial charge in [-0.1, -0.05) is 6.92 Å². The number of aromatic nitrogens is 2. The summed E-state index contributed by atoms with van der Waals surface area (Å²) in [4.78, 5) is 8.41. The van der Waals surface area contributed by atoms with Crippen LogP contribution in [0.5, 0.6) is 0 Å². The molecule has 2 aromatic heterocycles. The van der Waals surface area contributed by atoms with E-state index in [0.717, 1.165) is 29.7 Å². The molecule has 0 bridgehead atoms. The minimum atomic E-state index is 0.129. The Balaban J connectivity index is 2.22. The number of nitrogens with zero attached hydrogens (tertiary/aromatic N) is 3. The van der Waals surface area contributed by atoms with E-state index in [-0.39, 0.29) is 5.41 Å².